The summed E-state index contributed by atoms with van der Waals surface area (Å²) in [7, 11) is 4.03. The van der Waals surface area contributed by atoms with Gasteiger partial charge in [-0.05, 0) is 68.1 Å². The van der Waals surface area contributed by atoms with Crippen LogP contribution in [0.15, 0.2) is 54.6 Å². The number of anilines is 1. The molecule has 0 radical (unpaired) electrons. The fourth-order valence-electron chi connectivity index (χ4n) is 3.70. The summed E-state index contributed by atoms with van der Waals surface area (Å²) in [5.41, 5.74) is 3.37. The molecular weight excluding hydrogens is 320 g/mol. The lowest BCUT2D eigenvalue weighted by Gasteiger charge is -2.32. The minimum absolute atomic E-state index is 0.280. The van der Waals surface area contributed by atoms with E-state index in [4.69, 9.17) is 0 Å². The number of piperidine rings is 1. The molecule has 0 spiro atoms. The van der Waals surface area contributed by atoms with Gasteiger partial charge in [0.05, 0.1) is 0 Å². The van der Waals surface area contributed by atoms with Crippen molar-refractivity contribution in [2.45, 2.75) is 32.2 Å². The molecule has 0 aromatic heterocycles. The lowest BCUT2D eigenvalue weighted by molar-refractivity contribution is 0.0961. The van der Waals surface area contributed by atoms with E-state index < -0.39 is 0 Å². The van der Waals surface area contributed by atoms with Crippen LogP contribution in [0.25, 0.3) is 0 Å². The Labute approximate surface area is 157 Å². The zero-order valence-corrected chi connectivity index (χ0v) is 16.0. The largest absolute Gasteiger partial charge is 0.378 e. The Morgan fingerprint density at radius 2 is 1.65 bits per heavy atom. The van der Waals surface area contributed by atoms with Crippen LogP contribution in [-0.2, 0) is 6.54 Å². The van der Waals surface area contributed by atoms with Crippen molar-refractivity contribution in [1.82, 2.24) is 4.90 Å². The van der Waals surface area contributed by atoms with Gasteiger partial charge < -0.3 is 4.90 Å². The number of nitrogens with zero attached hydrogens (tertiary/aromatic N) is 2. The third kappa shape index (κ3) is 5.18. The molecule has 1 heterocycles. The van der Waals surface area contributed by atoms with Gasteiger partial charge in [0.25, 0.3) is 0 Å². The summed E-state index contributed by atoms with van der Waals surface area (Å²) < 4.78 is 0. The number of rotatable bonds is 7. The number of ketones is 1. The number of carbonyl (C=O) groups is 1. The van der Waals surface area contributed by atoms with Crippen LogP contribution >= 0.6 is 0 Å². The molecule has 0 amide bonds. The average molecular weight is 351 g/mol. The highest BCUT2D eigenvalue weighted by molar-refractivity contribution is 5.96. The second-order valence-corrected chi connectivity index (χ2v) is 7.61. The van der Waals surface area contributed by atoms with Gasteiger partial charge in [-0.1, -0.05) is 30.3 Å². The molecule has 1 aliphatic heterocycles. The summed E-state index contributed by atoms with van der Waals surface area (Å²) in [5.74, 6) is 0.967. The van der Waals surface area contributed by atoms with Gasteiger partial charge in [0.1, 0.15) is 0 Å². The number of hydrogen-bond acceptors (Lipinski definition) is 3. The third-order valence-corrected chi connectivity index (χ3v) is 5.44. The van der Waals surface area contributed by atoms with Gasteiger partial charge >= 0.3 is 0 Å². The van der Waals surface area contributed by atoms with E-state index >= 15 is 0 Å². The summed E-state index contributed by atoms with van der Waals surface area (Å²) in [4.78, 5) is 17.0. The molecule has 3 nitrogen and oxygen atoms in total. The molecular formula is C23H30N2O. The third-order valence-electron chi connectivity index (χ3n) is 5.44. The average Bonchev–Trinajstić information content (AvgIpc) is 2.68. The highest BCUT2D eigenvalue weighted by atomic mass is 16.1. The summed E-state index contributed by atoms with van der Waals surface area (Å²) in [6, 6.07) is 18.7. The molecule has 0 aliphatic carbocycles. The van der Waals surface area contributed by atoms with E-state index in [2.05, 4.69) is 40.1 Å². The molecule has 0 N–H and O–H groups in total. The van der Waals surface area contributed by atoms with Crippen LogP contribution in [0.5, 0.6) is 0 Å². The van der Waals surface area contributed by atoms with E-state index in [-0.39, 0.29) is 5.78 Å². The molecule has 0 saturated carbocycles. The van der Waals surface area contributed by atoms with Crippen LogP contribution in [0.2, 0.25) is 0 Å². The smallest absolute Gasteiger partial charge is 0.162 e. The molecule has 0 atom stereocenters. The lowest BCUT2D eigenvalue weighted by atomic mass is 9.90. The minimum atomic E-state index is 0.280. The van der Waals surface area contributed by atoms with E-state index in [1.165, 1.54) is 18.4 Å². The molecule has 26 heavy (non-hydrogen) atoms. The first kappa shape index (κ1) is 18.7. The first-order chi connectivity index (χ1) is 12.6. The van der Waals surface area contributed by atoms with Crippen LogP contribution in [0.1, 0.15) is 41.6 Å². The van der Waals surface area contributed by atoms with Crippen LogP contribution in [0.3, 0.4) is 0 Å². The maximum Gasteiger partial charge on any atom is 0.162 e. The summed E-state index contributed by atoms with van der Waals surface area (Å²) in [5, 5.41) is 0. The number of carbonyl (C=O) groups excluding carboxylic acids is 1. The molecule has 1 saturated heterocycles. The molecule has 1 aliphatic rings. The molecule has 0 unspecified atom stereocenters. The van der Waals surface area contributed by atoms with Crippen LogP contribution < -0.4 is 4.90 Å². The predicted octanol–water partition coefficient (Wildman–Crippen LogP) is 4.63. The van der Waals surface area contributed by atoms with Crippen molar-refractivity contribution in [2.24, 2.45) is 5.92 Å². The van der Waals surface area contributed by atoms with Gasteiger partial charge in [0, 0.05) is 38.3 Å². The number of benzene rings is 2. The van der Waals surface area contributed by atoms with E-state index in [0.29, 0.717) is 12.3 Å². The van der Waals surface area contributed by atoms with Crippen molar-refractivity contribution in [3.63, 3.8) is 0 Å². The van der Waals surface area contributed by atoms with E-state index in [9.17, 15) is 4.79 Å². The van der Waals surface area contributed by atoms with Gasteiger partial charge in [-0.15, -0.1) is 0 Å². The maximum absolute atomic E-state index is 12.4. The molecule has 0 bridgehead atoms. The molecule has 2 aromatic carbocycles. The highest BCUT2D eigenvalue weighted by Crippen LogP contribution is 2.24. The van der Waals surface area contributed by atoms with Crippen LogP contribution in [-0.4, -0.2) is 37.9 Å². The standard InChI is InChI=1S/C23H30N2O/c1-24(2)22-11-9-21(10-12-22)23(26)13-8-19-14-16-25(17-15-19)18-20-6-4-3-5-7-20/h3-7,9-12,19H,8,13-18H2,1-2H3. The molecule has 3 heteroatoms. The van der Waals surface area contributed by atoms with Crippen molar-refractivity contribution < 1.29 is 4.79 Å². The second kappa shape index (κ2) is 9.00. The number of Topliss-reactive ketones (excluding diaryl/α,β-unsaturated/α-hetero) is 1. The van der Waals surface area contributed by atoms with Crippen molar-refractivity contribution in [3.05, 3.63) is 65.7 Å². The minimum Gasteiger partial charge on any atom is -0.378 e. The van der Waals surface area contributed by atoms with Crippen molar-refractivity contribution in [3.8, 4) is 0 Å². The zero-order chi connectivity index (χ0) is 18.4. The number of likely N-dealkylation sites (tertiary alicyclic amines) is 1. The quantitative estimate of drug-likeness (QED) is 0.680. The second-order valence-electron chi connectivity index (χ2n) is 7.61. The van der Waals surface area contributed by atoms with Crippen LogP contribution in [0, 0.1) is 5.92 Å². The summed E-state index contributed by atoms with van der Waals surface area (Å²) in [6.45, 7) is 3.33. The lowest BCUT2D eigenvalue weighted by Crippen LogP contribution is -2.33. The first-order valence-corrected chi connectivity index (χ1v) is 9.68. The topological polar surface area (TPSA) is 23.6 Å². The highest BCUT2D eigenvalue weighted by Gasteiger charge is 2.20. The molecule has 1 fully saturated rings. The van der Waals surface area contributed by atoms with Gasteiger partial charge in [-0.25, -0.2) is 0 Å². The van der Waals surface area contributed by atoms with E-state index in [1.54, 1.807) is 0 Å². The van der Waals surface area contributed by atoms with Gasteiger partial charge in [0.15, 0.2) is 5.78 Å². The number of hydrogen-bond donors (Lipinski definition) is 0. The van der Waals surface area contributed by atoms with Crippen molar-refractivity contribution in [1.29, 1.82) is 0 Å². The Hall–Kier alpha value is -2.13. The van der Waals surface area contributed by atoms with E-state index in [0.717, 1.165) is 37.3 Å². The van der Waals surface area contributed by atoms with Crippen LogP contribution in [0.4, 0.5) is 5.69 Å². The zero-order valence-electron chi connectivity index (χ0n) is 16.0. The van der Waals surface area contributed by atoms with Crippen molar-refractivity contribution in [2.75, 3.05) is 32.1 Å². The fraction of sp³-hybridized carbons (Fsp3) is 0.435. The first-order valence-electron chi connectivity index (χ1n) is 9.68. The molecule has 3 rings (SSSR count). The van der Waals surface area contributed by atoms with Gasteiger partial charge in [-0.3, -0.25) is 9.69 Å². The molecule has 2 aromatic rings. The van der Waals surface area contributed by atoms with Gasteiger partial charge in [-0.2, -0.15) is 0 Å². The molecule has 138 valence electrons. The Kier molecular flexibility index (Phi) is 6.45. The maximum atomic E-state index is 12.4. The predicted molar refractivity (Wildman–Crippen MR) is 109 cm³/mol. The summed E-state index contributed by atoms with van der Waals surface area (Å²) in [6.07, 6.45) is 4.11. The monoisotopic (exact) mass is 350 g/mol. The van der Waals surface area contributed by atoms with Crippen molar-refractivity contribution >= 4 is 11.5 Å². The summed E-state index contributed by atoms with van der Waals surface area (Å²) >= 11 is 0. The Balaban J connectivity index is 1.41. The van der Waals surface area contributed by atoms with E-state index in [1.807, 2.05) is 38.4 Å². The fourth-order valence-corrected chi connectivity index (χ4v) is 3.70. The normalized spacial score (nSPS) is 15.8. The Bertz CT molecular complexity index is 686. The Morgan fingerprint density at radius 3 is 2.27 bits per heavy atom. The van der Waals surface area contributed by atoms with Gasteiger partial charge in [0.2, 0.25) is 0 Å². The SMILES string of the molecule is CN(C)c1ccc(C(=O)CCC2CCN(Cc3ccccc3)CC2)cc1. The Morgan fingerprint density at radius 1 is 1.00 bits per heavy atom.